The Bertz CT molecular complexity index is 1930. The van der Waals surface area contributed by atoms with Crippen LogP contribution >= 0.6 is 0 Å². The smallest absolute Gasteiger partial charge is 0.280 e. The third-order valence-corrected chi connectivity index (χ3v) is 8.96. The van der Waals surface area contributed by atoms with E-state index in [-0.39, 0.29) is 28.5 Å². The molecule has 0 radical (unpaired) electrons. The van der Waals surface area contributed by atoms with E-state index < -0.39 is 0 Å². The number of ketones is 1. The third-order valence-electron chi connectivity index (χ3n) is 8.96. The first kappa shape index (κ1) is 28.7. The van der Waals surface area contributed by atoms with Crippen molar-refractivity contribution < 1.29 is 9.72 Å². The summed E-state index contributed by atoms with van der Waals surface area (Å²) in [6, 6.07) is 18.7. The second-order valence-electron chi connectivity index (χ2n) is 11.9. The van der Waals surface area contributed by atoms with Crippen molar-refractivity contribution >= 4 is 51.0 Å². The number of aromatic nitrogens is 1. The maximum absolute atomic E-state index is 13.5. The molecule has 0 saturated carbocycles. The Morgan fingerprint density at radius 1 is 1.00 bits per heavy atom. The van der Waals surface area contributed by atoms with Crippen molar-refractivity contribution in [1.29, 1.82) is 0 Å². The van der Waals surface area contributed by atoms with Gasteiger partial charge in [-0.2, -0.15) is 0 Å². The number of nitrogens with one attached hydrogen (secondary N) is 2. The van der Waals surface area contributed by atoms with Gasteiger partial charge in [0.25, 0.3) is 5.69 Å². The van der Waals surface area contributed by atoms with Gasteiger partial charge in [-0.15, -0.1) is 0 Å². The highest BCUT2D eigenvalue weighted by Crippen LogP contribution is 2.41. The van der Waals surface area contributed by atoms with Gasteiger partial charge < -0.3 is 20.4 Å². The number of pyridine rings is 1. The number of allylic oxidation sites excluding steroid dienone is 1. The molecule has 10 heteroatoms. The Morgan fingerprint density at radius 2 is 1.76 bits per heavy atom. The lowest BCUT2D eigenvalue weighted by molar-refractivity contribution is -0.383. The Balaban J connectivity index is 0.963. The Kier molecular flexibility index (Phi) is 7.50. The van der Waals surface area contributed by atoms with Crippen molar-refractivity contribution in [2.24, 2.45) is 4.99 Å². The molecule has 2 unspecified atom stereocenters. The summed E-state index contributed by atoms with van der Waals surface area (Å²) in [5.41, 5.74) is 6.53. The van der Waals surface area contributed by atoms with Crippen LogP contribution in [0.3, 0.4) is 0 Å². The van der Waals surface area contributed by atoms with E-state index >= 15 is 0 Å². The number of aliphatic imine (C=N–C) groups is 1. The van der Waals surface area contributed by atoms with E-state index in [9.17, 15) is 14.9 Å². The first-order chi connectivity index (χ1) is 21.9. The summed E-state index contributed by atoms with van der Waals surface area (Å²) in [6.07, 6.45) is 7.74. The molecule has 2 N–H and O–H groups in total. The van der Waals surface area contributed by atoms with E-state index in [0.717, 1.165) is 77.2 Å². The van der Waals surface area contributed by atoms with Gasteiger partial charge in [0.1, 0.15) is 5.39 Å². The second-order valence-corrected chi connectivity index (χ2v) is 11.9. The summed E-state index contributed by atoms with van der Waals surface area (Å²) < 4.78 is 0. The molecule has 10 nitrogen and oxygen atoms in total. The highest BCUT2D eigenvalue weighted by molar-refractivity contribution is 6.19. The summed E-state index contributed by atoms with van der Waals surface area (Å²) in [7, 11) is 2.10. The van der Waals surface area contributed by atoms with Gasteiger partial charge in [0, 0.05) is 41.4 Å². The van der Waals surface area contributed by atoms with Crippen LogP contribution in [0, 0.1) is 17.0 Å². The van der Waals surface area contributed by atoms with Crippen LogP contribution in [0.15, 0.2) is 89.1 Å². The molecule has 3 aromatic carbocycles. The van der Waals surface area contributed by atoms with Crippen LogP contribution in [0.5, 0.6) is 0 Å². The number of aryl methyl sites for hydroxylation is 1. The number of nitro groups is 1. The normalized spacial score (nSPS) is 18.2. The maximum atomic E-state index is 13.5. The molecule has 3 aliphatic rings. The number of nitro benzene ring substituents is 1. The molecule has 228 valence electrons. The molecule has 0 saturated heterocycles. The number of Topliss-reactive ketones (excluding diaryl/α,β-unsaturated/α-hetero) is 1. The zero-order valence-electron chi connectivity index (χ0n) is 25.4. The summed E-state index contributed by atoms with van der Waals surface area (Å²) in [5.74, 6) is 0.0778. The Labute approximate surface area is 261 Å². The first-order valence-electron chi connectivity index (χ1n) is 15.4. The molecule has 0 spiro atoms. The predicted octanol–water partition coefficient (Wildman–Crippen LogP) is 5.62. The van der Waals surface area contributed by atoms with Crippen LogP contribution in [0.25, 0.3) is 21.8 Å². The maximum Gasteiger partial charge on any atom is 0.280 e. The molecule has 7 rings (SSSR count). The molecule has 0 amide bonds. The standard InChI is InChI=1S/C35H35N7O3/c1-22-13-16-29(42(44)45)31-32(22)39-25-11-5-3-9-23(25)33(31)37-18-8-20-40(2)19-7-17-36-26-14-15-27-34-30(26)35(43)24-10-4-6-12-28(24)41(34)21-38-27/h3-6,9-16,21,27,34,36H,7-8,17-20H2,1-2H3,(H,37,39). The lowest BCUT2D eigenvalue weighted by atomic mass is 9.83. The summed E-state index contributed by atoms with van der Waals surface area (Å²) >= 11 is 0. The van der Waals surface area contributed by atoms with Gasteiger partial charge in [-0.25, -0.2) is 4.98 Å². The molecular weight excluding hydrogens is 566 g/mol. The van der Waals surface area contributed by atoms with Crippen molar-refractivity contribution in [2.45, 2.75) is 31.8 Å². The zero-order valence-corrected chi connectivity index (χ0v) is 25.4. The summed E-state index contributed by atoms with van der Waals surface area (Å²) in [5, 5.41) is 20.4. The van der Waals surface area contributed by atoms with Crippen LogP contribution < -0.4 is 15.5 Å². The van der Waals surface area contributed by atoms with E-state index in [1.165, 1.54) is 0 Å². The second kappa shape index (κ2) is 11.8. The van der Waals surface area contributed by atoms with Gasteiger partial charge >= 0.3 is 0 Å². The van der Waals surface area contributed by atoms with E-state index in [1.54, 1.807) is 12.1 Å². The minimum Gasteiger partial charge on any atom is -0.385 e. The van der Waals surface area contributed by atoms with Gasteiger partial charge in [-0.3, -0.25) is 19.9 Å². The number of hydrogen-bond donors (Lipinski definition) is 2. The van der Waals surface area contributed by atoms with Crippen molar-refractivity contribution in [3.8, 4) is 0 Å². The van der Waals surface area contributed by atoms with E-state index in [1.807, 2.05) is 67.9 Å². The topological polar surface area (TPSA) is 116 Å². The first-order valence-corrected chi connectivity index (χ1v) is 15.4. The number of nitrogens with zero attached hydrogens (tertiary/aromatic N) is 5. The highest BCUT2D eigenvalue weighted by Gasteiger charge is 2.44. The predicted molar refractivity (Wildman–Crippen MR) is 179 cm³/mol. The van der Waals surface area contributed by atoms with Gasteiger partial charge in [0.05, 0.1) is 45.8 Å². The van der Waals surface area contributed by atoms with Crippen molar-refractivity contribution in [2.75, 3.05) is 43.4 Å². The van der Waals surface area contributed by atoms with Crippen LogP contribution in [0.1, 0.15) is 28.8 Å². The zero-order chi connectivity index (χ0) is 31.1. The van der Waals surface area contributed by atoms with Crippen LogP contribution in [-0.4, -0.2) is 72.2 Å². The Hall–Kier alpha value is -5.09. The Morgan fingerprint density at radius 3 is 2.58 bits per heavy atom. The van der Waals surface area contributed by atoms with E-state index in [0.29, 0.717) is 17.4 Å². The molecule has 3 heterocycles. The van der Waals surface area contributed by atoms with Crippen molar-refractivity contribution in [1.82, 2.24) is 15.2 Å². The molecular formula is C35H35N7O3. The minimum absolute atomic E-state index is 0.0408. The minimum atomic E-state index is -0.329. The van der Waals surface area contributed by atoms with E-state index in [2.05, 4.69) is 38.5 Å². The van der Waals surface area contributed by atoms with Gasteiger partial charge in [0.15, 0.2) is 5.78 Å². The molecule has 0 fully saturated rings. The van der Waals surface area contributed by atoms with Gasteiger partial charge in [-0.1, -0.05) is 42.5 Å². The van der Waals surface area contributed by atoms with Crippen LogP contribution in [0.2, 0.25) is 0 Å². The van der Waals surface area contributed by atoms with Crippen molar-refractivity contribution in [3.05, 3.63) is 105 Å². The van der Waals surface area contributed by atoms with E-state index in [4.69, 9.17) is 4.98 Å². The molecule has 45 heavy (non-hydrogen) atoms. The lowest BCUT2D eigenvalue weighted by Crippen LogP contribution is -2.47. The van der Waals surface area contributed by atoms with Crippen LogP contribution in [-0.2, 0) is 0 Å². The number of hydrogen-bond acceptors (Lipinski definition) is 9. The number of fused-ring (bicyclic) bond motifs is 4. The third kappa shape index (κ3) is 5.10. The number of anilines is 2. The number of rotatable bonds is 11. The fraction of sp³-hybridized carbons (Fsp3) is 0.286. The summed E-state index contributed by atoms with van der Waals surface area (Å²) in [6.45, 7) is 5.11. The molecule has 2 atom stereocenters. The van der Waals surface area contributed by atoms with Gasteiger partial charge in [0.2, 0.25) is 0 Å². The molecule has 4 aromatic rings. The fourth-order valence-electron chi connectivity index (χ4n) is 6.73. The number of carbonyl (C=O) groups excluding carboxylic acids is 1. The highest BCUT2D eigenvalue weighted by atomic mass is 16.6. The lowest BCUT2D eigenvalue weighted by Gasteiger charge is -2.37. The SMILES string of the molecule is Cc1ccc([N+](=O)[O-])c2c(NCCCN(C)CCCNC3=C4C(=O)c5ccccc5N5C=NC(C=C3)C45)c3ccccc3nc12. The summed E-state index contributed by atoms with van der Waals surface area (Å²) in [4.78, 5) is 38.9. The van der Waals surface area contributed by atoms with Crippen molar-refractivity contribution in [3.63, 3.8) is 0 Å². The monoisotopic (exact) mass is 601 g/mol. The van der Waals surface area contributed by atoms with Crippen LogP contribution in [0.4, 0.5) is 17.1 Å². The average molecular weight is 602 g/mol. The fourth-order valence-corrected chi connectivity index (χ4v) is 6.73. The number of para-hydroxylation sites is 2. The number of non-ortho nitro benzene ring substituents is 1. The molecule has 2 aliphatic heterocycles. The number of benzene rings is 3. The average Bonchev–Trinajstić information content (AvgIpc) is 3.48. The quantitative estimate of drug-likeness (QED) is 0.0985. The molecule has 0 bridgehead atoms. The molecule has 1 aromatic heterocycles. The molecule has 1 aliphatic carbocycles. The largest absolute Gasteiger partial charge is 0.385 e. The number of carbonyl (C=O) groups is 1. The van der Waals surface area contributed by atoms with Gasteiger partial charge in [-0.05, 0) is 69.7 Å².